The number of carboxylic acid groups (broad SMARTS) is 1. The van der Waals surface area contributed by atoms with Gasteiger partial charge in [0, 0.05) is 24.7 Å². The third-order valence-electron chi connectivity index (χ3n) is 3.73. The van der Waals surface area contributed by atoms with Gasteiger partial charge in [-0.3, -0.25) is 14.4 Å². The van der Waals surface area contributed by atoms with Gasteiger partial charge >= 0.3 is 5.97 Å². The number of primary amides is 1. The fraction of sp³-hybridized carbons (Fsp3) is 0.533. The van der Waals surface area contributed by atoms with E-state index in [9.17, 15) is 29.4 Å². The molecule has 0 aliphatic carbocycles. The second-order valence-electron chi connectivity index (χ2n) is 6.01. The van der Waals surface area contributed by atoms with Crippen LogP contribution in [0.3, 0.4) is 0 Å². The van der Waals surface area contributed by atoms with Crippen LogP contribution in [0.5, 0.6) is 0 Å². The first kappa shape index (κ1) is 22.1. The summed E-state index contributed by atoms with van der Waals surface area (Å²) in [6.45, 7) is 1.30. The van der Waals surface area contributed by atoms with Gasteiger partial charge in [0.15, 0.2) is 0 Å². The molecule has 4 atom stereocenters. The molecular formula is C15H24N6O6. The first-order chi connectivity index (χ1) is 12.6. The summed E-state index contributed by atoms with van der Waals surface area (Å²) in [6.07, 6.45) is 1.16. The molecule has 1 heterocycles. The normalized spacial score (nSPS) is 15.2. The van der Waals surface area contributed by atoms with Gasteiger partial charge in [0.2, 0.25) is 17.7 Å². The van der Waals surface area contributed by atoms with Crippen LogP contribution in [0.25, 0.3) is 0 Å². The van der Waals surface area contributed by atoms with Crippen molar-refractivity contribution in [2.45, 2.75) is 50.4 Å². The highest BCUT2D eigenvalue weighted by Crippen LogP contribution is 2.03. The zero-order valence-electron chi connectivity index (χ0n) is 14.7. The monoisotopic (exact) mass is 384 g/mol. The lowest BCUT2D eigenvalue weighted by atomic mass is 10.1. The molecule has 1 aromatic rings. The van der Waals surface area contributed by atoms with E-state index in [1.165, 1.54) is 19.4 Å². The zero-order chi connectivity index (χ0) is 20.6. The fourth-order valence-corrected chi connectivity index (χ4v) is 2.13. The smallest absolute Gasteiger partial charge is 0.326 e. The first-order valence-corrected chi connectivity index (χ1v) is 8.14. The van der Waals surface area contributed by atoms with E-state index in [0.717, 1.165) is 0 Å². The Morgan fingerprint density at radius 3 is 2.33 bits per heavy atom. The number of aromatic amines is 1. The van der Waals surface area contributed by atoms with Crippen LogP contribution in [0, 0.1) is 0 Å². The van der Waals surface area contributed by atoms with Crippen molar-refractivity contribution < 1.29 is 29.4 Å². The van der Waals surface area contributed by atoms with Gasteiger partial charge in [-0.15, -0.1) is 0 Å². The highest BCUT2D eigenvalue weighted by Gasteiger charge is 2.29. The molecule has 0 bridgehead atoms. The average molecular weight is 384 g/mol. The van der Waals surface area contributed by atoms with E-state index in [2.05, 4.69) is 20.6 Å². The Kier molecular flexibility index (Phi) is 8.35. The van der Waals surface area contributed by atoms with Crippen molar-refractivity contribution in [1.82, 2.24) is 20.6 Å². The summed E-state index contributed by atoms with van der Waals surface area (Å²) in [5.74, 6) is -3.64. The van der Waals surface area contributed by atoms with Crippen LogP contribution in [0.1, 0.15) is 25.5 Å². The van der Waals surface area contributed by atoms with Gasteiger partial charge in [-0.05, 0) is 13.3 Å². The van der Waals surface area contributed by atoms with Gasteiger partial charge in [-0.25, -0.2) is 9.78 Å². The van der Waals surface area contributed by atoms with Crippen molar-refractivity contribution in [3.8, 4) is 0 Å². The van der Waals surface area contributed by atoms with E-state index in [1.807, 2.05) is 0 Å². The summed E-state index contributed by atoms with van der Waals surface area (Å²) < 4.78 is 0. The lowest BCUT2D eigenvalue weighted by molar-refractivity contribution is -0.142. The number of aliphatic hydroxyl groups excluding tert-OH is 1. The van der Waals surface area contributed by atoms with Crippen molar-refractivity contribution >= 4 is 23.7 Å². The van der Waals surface area contributed by atoms with E-state index in [0.29, 0.717) is 5.69 Å². The number of rotatable bonds is 11. The molecule has 0 unspecified atom stereocenters. The maximum atomic E-state index is 12.5. The predicted octanol–water partition coefficient (Wildman–Crippen LogP) is -3.02. The van der Waals surface area contributed by atoms with Crippen molar-refractivity contribution in [2.24, 2.45) is 11.5 Å². The topological polar surface area (TPSA) is 214 Å². The van der Waals surface area contributed by atoms with Crippen LogP contribution in [0.15, 0.2) is 12.5 Å². The molecule has 12 nitrogen and oxygen atoms in total. The lowest BCUT2D eigenvalue weighted by Crippen LogP contribution is -2.56. The van der Waals surface area contributed by atoms with Gasteiger partial charge < -0.3 is 37.3 Å². The summed E-state index contributed by atoms with van der Waals surface area (Å²) in [5, 5.41) is 23.3. The second-order valence-corrected chi connectivity index (χ2v) is 6.01. The molecule has 150 valence electrons. The Balaban J connectivity index is 2.84. The van der Waals surface area contributed by atoms with Crippen molar-refractivity contribution in [2.75, 3.05) is 0 Å². The van der Waals surface area contributed by atoms with Crippen molar-refractivity contribution in [3.63, 3.8) is 0 Å². The van der Waals surface area contributed by atoms with Gasteiger partial charge in [0.1, 0.15) is 18.1 Å². The largest absolute Gasteiger partial charge is 0.480 e. The summed E-state index contributed by atoms with van der Waals surface area (Å²) >= 11 is 0. The van der Waals surface area contributed by atoms with Crippen molar-refractivity contribution in [1.29, 1.82) is 0 Å². The molecule has 0 saturated carbocycles. The summed E-state index contributed by atoms with van der Waals surface area (Å²) in [4.78, 5) is 53.4. The number of nitrogens with two attached hydrogens (primary N) is 2. The van der Waals surface area contributed by atoms with E-state index in [4.69, 9.17) is 11.5 Å². The van der Waals surface area contributed by atoms with Crippen LogP contribution in [0.4, 0.5) is 0 Å². The Hall–Kier alpha value is -2.99. The maximum absolute atomic E-state index is 12.5. The van der Waals surface area contributed by atoms with E-state index in [1.54, 1.807) is 0 Å². The second kappa shape index (κ2) is 10.2. The zero-order valence-corrected chi connectivity index (χ0v) is 14.7. The number of hydrogen-bond acceptors (Lipinski definition) is 7. The van der Waals surface area contributed by atoms with Gasteiger partial charge in [-0.2, -0.15) is 0 Å². The molecule has 0 spiro atoms. The number of amides is 3. The number of aromatic nitrogens is 2. The number of H-pyrrole nitrogens is 1. The Labute approximate surface area is 154 Å². The molecule has 0 saturated heterocycles. The predicted molar refractivity (Wildman–Crippen MR) is 91.9 cm³/mol. The standard InChI is InChI=1S/C15H24N6O6/c1-7(22)12(17)14(25)20-9(2-3-11(16)23)13(24)21-10(15(26)27)4-8-5-18-6-19-8/h5-7,9-10,12,22H,2-4,17H2,1H3,(H2,16,23)(H,18,19)(H,20,25)(H,21,24)(H,26,27)/t7-,9+,10+,12+/m1/s1. The number of nitrogens with one attached hydrogen (secondary N) is 3. The average Bonchev–Trinajstić information content (AvgIpc) is 3.09. The molecule has 27 heavy (non-hydrogen) atoms. The molecule has 3 amide bonds. The number of hydrogen-bond donors (Lipinski definition) is 7. The minimum atomic E-state index is -1.30. The van der Waals surface area contributed by atoms with Crippen LogP contribution >= 0.6 is 0 Å². The summed E-state index contributed by atoms with van der Waals surface area (Å²) in [6, 6.07) is -3.84. The fourth-order valence-electron chi connectivity index (χ4n) is 2.13. The van der Waals surface area contributed by atoms with Crippen molar-refractivity contribution in [3.05, 3.63) is 18.2 Å². The van der Waals surface area contributed by atoms with Gasteiger partial charge in [0.25, 0.3) is 0 Å². The third-order valence-corrected chi connectivity index (χ3v) is 3.73. The maximum Gasteiger partial charge on any atom is 0.326 e. The Morgan fingerprint density at radius 2 is 1.85 bits per heavy atom. The molecule has 0 fully saturated rings. The highest BCUT2D eigenvalue weighted by atomic mass is 16.4. The molecule has 0 aromatic carbocycles. The molecule has 0 aliphatic rings. The number of carbonyl (C=O) groups is 4. The van der Waals surface area contributed by atoms with Gasteiger partial charge in [-0.1, -0.05) is 0 Å². The molecule has 0 aliphatic heterocycles. The lowest BCUT2D eigenvalue weighted by Gasteiger charge is -2.23. The number of carbonyl (C=O) groups excluding carboxylic acids is 3. The Bertz CT molecular complexity index is 662. The van der Waals surface area contributed by atoms with Crippen LogP contribution in [-0.2, 0) is 25.6 Å². The Morgan fingerprint density at radius 1 is 1.22 bits per heavy atom. The van der Waals surface area contributed by atoms with Gasteiger partial charge in [0.05, 0.1) is 12.4 Å². The first-order valence-electron chi connectivity index (χ1n) is 8.14. The molecule has 1 aromatic heterocycles. The summed E-state index contributed by atoms with van der Waals surface area (Å²) in [7, 11) is 0. The van der Waals surface area contributed by atoms with E-state index in [-0.39, 0.29) is 19.3 Å². The molecule has 12 heteroatoms. The SMILES string of the molecule is C[C@@H](O)[C@H](N)C(=O)N[C@@H](CCC(N)=O)C(=O)N[C@@H](Cc1cnc[nH]1)C(=O)O. The quantitative estimate of drug-likeness (QED) is 0.208. The minimum Gasteiger partial charge on any atom is -0.480 e. The molecular weight excluding hydrogens is 360 g/mol. The number of carboxylic acids is 1. The van der Waals surface area contributed by atoms with E-state index >= 15 is 0 Å². The molecule has 0 radical (unpaired) electrons. The number of aliphatic carboxylic acids is 1. The third kappa shape index (κ3) is 7.42. The van der Waals surface area contributed by atoms with E-state index < -0.39 is 47.9 Å². The number of imidazole rings is 1. The summed E-state index contributed by atoms with van der Waals surface area (Å²) in [5.41, 5.74) is 11.1. The van der Waals surface area contributed by atoms with Crippen LogP contribution in [0.2, 0.25) is 0 Å². The molecule has 9 N–H and O–H groups in total. The van der Waals surface area contributed by atoms with Crippen LogP contribution < -0.4 is 22.1 Å². The number of aliphatic hydroxyl groups is 1. The highest BCUT2D eigenvalue weighted by molar-refractivity contribution is 5.92. The molecule has 1 rings (SSSR count). The minimum absolute atomic E-state index is 0.0647. The number of nitrogens with zero attached hydrogens (tertiary/aromatic N) is 1. The van der Waals surface area contributed by atoms with Crippen LogP contribution in [-0.4, -0.2) is 68.1 Å².